The first kappa shape index (κ1) is 19.7. The molecule has 0 fully saturated rings. The fourth-order valence-corrected chi connectivity index (χ4v) is 2.52. The van der Waals surface area contributed by atoms with Crippen LogP contribution in [0.25, 0.3) is 0 Å². The van der Waals surface area contributed by atoms with Crippen LogP contribution in [-0.4, -0.2) is 37.2 Å². The molecule has 6 heteroatoms. The van der Waals surface area contributed by atoms with E-state index in [0.717, 1.165) is 19.4 Å². The van der Waals surface area contributed by atoms with Crippen molar-refractivity contribution in [1.82, 2.24) is 15.6 Å². The van der Waals surface area contributed by atoms with Crippen molar-refractivity contribution in [2.24, 2.45) is 4.99 Å². The molecule has 1 aromatic carbocycles. The smallest absolute Gasteiger partial charge is 0.191 e. The topological polar surface area (TPSA) is 58.5 Å². The molecule has 0 amide bonds. The van der Waals surface area contributed by atoms with E-state index in [-0.39, 0.29) is 17.7 Å². The Kier molecular flexibility index (Phi) is 7.86. The van der Waals surface area contributed by atoms with Crippen molar-refractivity contribution in [2.75, 3.05) is 20.1 Å². The molecule has 1 atom stereocenters. The summed E-state index contributed by atoms with van der Waals surface area (Å²) in [7, 11) is 1.73. The summed E-state index contributed by atoms with van der Waals surface area (Å²) in [6.45, 7) is 5.37. The number of benzene rings is 1. The predicted molar refractivity (Wildman–Crippen MR) is 103 cm³/mol. The fourth-order valence-electron chi connectivity index (χ4n) is 2.52. The van der Waals surface area contributed by atoms with Gasteiger partial charge in [-0.05, 0) is 49.1 Å². The summed E-state index contributed by atoms with van der Waals surface area (Å²) in [5.41, 5.74) is 2.44. The van der Waals surface area contributed by atoms with Crippen molar-refractivity contribution in [2.45, 2.75) is 32.8 Å². The maximum atomic E-state index is 13.7. The predicted octanol–water partition coefficient (Wildman–Crippen LogP) is 3.09. The third kappa shape index (κ3) is 6.02. The van der Waals surface area contributed by atoms with Gasteiger partial charge in [-0.2, -0.15) is 0 Å². The first-order valence-corrected chi connectivity index (χ1v) is 8.89. The highest BCUT2D eigenvalue weighted by atomic mass is 19.1. The van der Waals surface area contributed by atoms with Gasteiger partial charge < -0.3 is 15.4 Å². The highest BCUT2D eigenvalue weighted by Crippen LogP contribution is 2.17. The Morgan fingerprint density at radius 3 is 2.77 bits per heavy atom. The number of aromatic nitrogens is 1. The highest BCUT2D eigenvalue weighted by Gasteiger charge is 2.12. The third-order valence-corrected chi connectivity index (χ3v) is 4.13. The van der Waals surface area contributed by atoms with Crippen molar-refractivity contribution in [1.29, 1.82) is 0 Å². The lowest BCUT2D eigenvalue weighted by Crippen LogP contribution is -2.43. The SMILES string of the molecule is CCC(CNC(=NC)NCCc1ccncc1C)Oc1ccccc1F. The number of hydrogen-bond donors (Lipinski definition) is 2. The second-order valence-electron chi connectivity index (χ2n) is 6.01. The summed E-state index contributed by atoms with van der Waals surface area (Å²) in [6.07, 6.45) is 5.18. The first-order valence-electron chi connectivity index (χ1n) is 8.89. The minimum Gasteiger partial charge on any atom is -0.486 e. The molecule has 0 saturated carbocycles. The van der Waals surface area contributed by atoms with E-state index in [1.807, 2.05) is 19.2 Å². The van der Waals surface area contributed by atoms with Crippen LogP contribution in [0, 0.1) is 12.7 Å². The number of pyridine rings is 1. The summed E-state index contributed by atoms with van der Waals surface area (Å²) in [4.78, 5) is 8.33. The maximum Gasteiger partial charge on any atom is 0.191 e. The molecule has 1 aromatic heterocycles. The van der Waals surface area contributed by atoms with Gasteiger partial charge in [0.15, 0.2) is 17.5 Å². The van der Waals surface area contributed by atoms with E-state index in [4.69, 9.17) is 4.74 Å². The lowest BCUT2D eigenvalue weighted by Gasteiger charge is -2.20. The van der Waals surface area contributed by atoms with Gasteiger partial charge in [-0.25, -0.2) is 4.39 Å². The van der Waals surface area contributed by atoms with Crippen molar-refractivity contribution in [3.05, 3.63) is 59.7 Å². The van der Waals surface area contributed by atoms with Crippen LogP contribution in [-0.2, 0) is 6.42 Å². The van der Waals surface area contributed by atoms with E-state index in [1.54, 1.807) is 31.4 Å². The number of aliphatic imine (C=N–C) groups is 1. The number of hydrogen-bond acceptors (Lipinski definition) is 3. The number of halogens is 1. The molecule has 2 aromatic rings. The van der Waals surface area contributed by atoms with E-state index in [1.165, 1.54) is 17.2 Å². The fraction of sp³-hybridized carbons (Fsp3) is 0.400. The number of nitrogens with zero attached hydrogens (tertiary/aromatic N) is 2. The summed E-state index contributed by atoms with van der Waals surface area (Å²) < 4.78 is 19.5. The van der Waals surface area contributed by atoms with Crippen LogP contribution in [0.1, 0.15) is 24.5 Å². The second-order valence-corrected chi connectivity index (χ2v) is 6.01. The Morgan fingerprint density at radius 2 is 2.08 bits per heavy atom. The average Bonchev–Trinajstić information content (AvgIpc) is 2.66. The number of guanidine groups is 1. The minimum absolute atomic E-state index is 0.145. The Labute approximate surface area is 154 Å². The third-order valence-electron chi connectivity index (χ3n) is 4.13. The molecule has 2 rings (SSSR count). The van der Waals surface area contributed by atoms with Crippen LogP contribution in [0.2, 0.25) is 0 Å². The normalized spacial score (nSPS) is 12.5. The standard InChI is InChI=1S/C20H27FN4O/c1-4-17(26-19-8-6-5-7-18(19)21)14-25-20(22-3)24-12-10-16-9-11-23-13-15(16)2/h5-9,11,13,17H,4,10,12,14H2,1-3H3,(H2,22,24,25). The zero-order chi connectivity index (χ0) is 18.8. The van der Waals surface area contributed by atoms with Crippen LogP contribution in [0.5, 0.6) is 5.75 Å². The largest absolute Gasteiger partial charge is 0.486 e. The number of para-hydroxylation sites is 1. The summed E-state index contributed by atoms with van der Waals surface area (Å²) >= 11 is 0. The van der Waals surface area contributed by atoms with Gasteiger partial charge in [0.05, 0.1) is 6.54 Å². The van der Waals surface area contributed by atoms with Gasteiger partial charge in [-0.15, -0.1) is 0 Å². The maximum absolute atomic E-state index is 13.7. The van der Waals surface area contributed by atoms with E-state index in [9.17, 15) is 4.39 Å². The van der Waals surface area contributed by atoms with Gasteiger partial charge >= 0.3 is 0 Å². The molecule has 0 aliphatic rings. The number of rotatable bonds is 8. The molecule has 0 saturated heterocycles. The Morgan fingerprint density at radius 1 is 1.27 bits per heavy atom. The molecule has 0 aliphatic heterocycles. The van der Waals surface area contributed by atoms with E-state index in [2.05, 4.69) is 27.5 Å². The molecule has 0 bridgehead atoms. The molecule has 1 heterocycles. The van der Waals surface area contributed by atoms with E-state index < -0.39 is 0 Å². The molecule has 0 radical (unpaired) electrons. The Hall–Kier alpha value is -2.63. The summed E-state index contributed by atoms with van der Waals surface area (Å²) in [5, 5.41) is 6.53. The molecular weight excluding hydrogens is 331 g/mol. The van der Waals surface area contributed by atoms with Crippen molar-refractivity contribution < 1.29 is 9.13 Å². The van der Waals surface area contributed by atoms with Crippen LogP contribution in [0.3, 0.4) is 0 Å². The molecule has 2 N–H and O–H groups in total. The van der Waals surface area contributed by atoms with Crippen molar-refractivity contribution in [3.63, 3.8) is 0 Å². The highest BCUT2D eigenvalue weighted by molar-refractivity contribution is 5.79. The molecule has 140 valence electrons. The zero-order valence-corrected chi connectivity index (χ0v) is 15.6. The Bertz CT molecular complexity index is 720. The summed E-state index contributed by atoms with van der Waals surface area (Å²) in [6, 6.07) is 8.49. The van der Waals surface area contributed by atoms with Gasteiger partial charge in [0.25, 0.3) is 0 Å². The van der Waals surface area contributed by atoms with Gasteiger partial charge in [-0.1, -0.05) is 19.1 Å². The van der Waals surface area contributed by atoms with Crippen LogP contribution in [0.15, 0.2) is 47.7 Å². The molecule has 5 nitrogen and oxygen atoms in total. The van der Waals surface area contributed by atoms with Gasteiger partial charge in [0.1, 0.15) is 6.10 Å². The van der Waals surface area contributed by atoms with Crippen LogP contribution in [0.4, 0.5) is 4.39 Å². The van der Waals surface area contributed by atoms with E-state index in [0.29, 0.717) is 12.5 Å². The first-order chi connectivity index (χ1) is 12.6. The average molecular weight is 358 g/mol. The molecule has 1 unspecified atom stereocenters. The monoisotopic (exact) mass is 358 g/mol. The second kappa shape index (κ2) is 10.4. The quantitative estimate of drug-likeness (QED) is 0.562. The Balaban J connectivity index is 1.79. The van der Waals surface area contributed by atoms with Crippen molar-refractivity contribution in [3.8, 4) is 5.75 Å². The summed E-state index contributed by atoms with van der Waals surface area (Å²) in [5.74, 6) is 0.630. The lowest BCUT2D eigenvalue weighted by atomic mass is 10.1. The molecule has 0 aliphatic carbocycles. The molecule has 0 spiro atoms. The van der Waals surface area contributed by atoms with Gasteiger partial charge in [0, 0.05) is 26.0 Å². The molecule has 26 heavy (non-hydrogen) atoms. The van der Waals surface area contributed by atoms with E-state index >= 15 is 0 Å². The van der Waals surface area contributed by atoms with Crippen LogP contribution >= 0.6 is 0 Å². The van der Waals surface area contributed by atoms with Crippen LogP contribution < -0.4 is 15.4 Å². The number of ether oxygens (including phenoxy) is 1. The van der Waals surface area contributed by atoms with Crippen molar-refractivity contribution >= 4 is 5.96 Å². The van der Waals surface area contributed by atoms with Gasteiger partial charge in [-0.3, -0.25) is 9.98 Å². The lowest BCUT2D eigenvalue weighted by molar-refractivity contribution is 0.191. The minimum atomic E-state index is -0.346. The molecular formula is C20H27FN4O. The zero-order valence-electron chi connectivity index (χ0n) is 15.6. The van der Waals surface area contributed by atoms with Gasteiger partial charge in [0.2, 0.25) is 0 Å². The number of aryl methyl sites for hydroxylation is 1. The number of nitrogens with one attached hydrogen (secondary N) is 2.